The number of thioether (sulfide) groups is 1. The maximum atomic E-state index is 10.4. The van der Waals surface area contributed by atoms with Gasteiger partial charge in [0.1, 0.15) is 0 Å². The molecule has 0 aliphatic carbocycles. The van der Waals surface area contributed by atoms with Crippen molar-refractivity contribution in [2.24, 2.45) is 0 Å². The third-order valence-electron chi connectivity index (χ3n) is 0.895. The Bertz CT molecular complexity index is 151. The maximum absolute atomic E-state index is 10.4. The van der Waals surface area contributed by atoms with Crippen molar-refractivity contribution < 1.29 is 9.90 Å². The first-order chi connectivity index (χ1) is 3.70. The van der Waals surface area contributed by atoms with E-state index in [-0.39, 0.29) is 16.1 Å². The van der Waals surface area contributed by atoms with Crippen LogP contribution in [-0.2, 0) is 4.79 Å². The van der Waals surface area contributed by atoms with Crippen LogP contribution in [0.5, 0.6) is 0 Å². The number of carbonyl (C=O) groups excluding carboxylic acids is 1. The lowest BCUT2D eigenvalue weighted by Crippen LogP contribution is -1.88. The molecule has 0 saturated heterocycles. The molecular formula is C5H6O2S. The molecule has 1 aliphatic heterocycles. The zero-order valence-corrected chi connectivity index (χ0v) is 5.23. The van der Waals surface area contributed by atoms with E-state index in [1.54, 1.807) is 6.08 Å². The van der Waals surface area contributed by atoms with Gasteiger partial charge in [-0.05, 0) is 13.0 Å². The van der Waals surface area contributed by atoms with Crippen LogP contribution in [0.4, 0.5) is 0 Å². The van der Waals surface area contributed by atoms with Gasteiger partial charge in [-0.3, -0.25) is 4.79 Å². The summed E-state index contributed by atoms with van der Waals surface area (Å²) < 4.78 is 0. The second-order valence-corrected chi connectivity index (χ2v) is 3.01. The van der Waals surface area contributed by atoms with Gasteiger partial charge in [-0.2, -0.15) is 0 Å². The highest BCUT2D eigenvalue weighted by Gasteiger charge is 2.19. The number of hydrogen-bond donors (Lipinski definition) is 1. The summed E-state index contributed by atoms with van der Waals surface area (Å²) >= 11 is 1.15. The van der Waals surface area contributed by atoms with Gasteiger partial charge in [0.25, 0.3) is 5.12 Å². The van der Waals surface area contributed by atoms with E-state index in [4.69, 9.17) is 5.11 Å². The summed E-state index contributed by atoms with van der Waals surface area (Å²) in [5, 5.41) is 8.60. The molecule has 8 heavy (non-hydrogen) atoms. The smallest absolute Gasteiger partial charge is 0.253 e. The summed E-state index contributed by atoms with van der Waals surface area (Å²) in [5.41, 5.74) is 0. The molecular weight excluding hydrogens is 124 g/mol. The molecule has 1 rings (SSSR count). The Morgan fingerprint density at radius 1 is 1.88 bits per heavy atom. The van der Waals surface area contributed by atoms with Crippen LogP contribution >= 0.6 is 11.8 Å². The Labute approximate surface area is 51.6 Å². The van der Waals surface area contributed by atoms with Gasteiger partial charge in [-0.15, -0.1) is 0 Å². The maximum Gasteiger partial charge on any atom is 0.253 e. The Morgan fingerprint density at radius 3 is 2.62 bits per heavy atom. The zero-order chi connectivity index (χ0) is 6.15. The van der Waals surface area contributed by atoms with Gasteiger partial charge in [0.2, 0.25) is 0 Å². The molecule has 1 atom stereocenters. The van der Waals surface area contributed by atoms with E-state index in [0.717, 1.165) is 11.8 Å². The highest BCUT2D eigenvalue weighted by molar-refractivity contribution is 8.15. The molecule has 0 aromatic rings. The Balaban J connectivity index is 2.73. The van der Waals surface area contributed by atoms with Crippen molar-refractivity contribution in [3.63, 3.8) is 0 Å². The molecule has 0 radical (unpaired) electrons. The minimum Gasteiger partial charge on any atom is -0.504 e. The highest BCUT2D eigenvalue weighted by Crippen LogP contribution is 2.24. The van der Waals surface area contributed by atoms with Crippen LogP contribution in [0.15, 0.2) is 11.8 Å². The second-order valence-electron chi connectivity index (χ2n) is 1.66. The van der Waals surface area contributed by atoms with Crippen LogP contribution in [0.2, 0.25) is 0 Å². The molecule has 0 fully saturated rings. The third kappa shape index (κ3) is 0.865. The summed E-state index contributed by atoms with van der Waals surface area (Å²) in [6, 6.07) is 0. The largest absolute Gasteiger partial charge is 0.504 e. The van der Waals surface area contributed by atoms with E-state index in [1.807, 2.05) is 6.92 Å². The summed E-state index contributed by atoms with van der Waals surface area (Å²) in [5.74, 6) is -0.0949. The van der Waals surface area contributed by atoms with Crippen molar-refractivity contribution >= 4 is 16.9 Å². The van der Waals surface area contributed by atoms with Gasteiger partial charge >= 0.3 is 0 Å². The number of aliphatic hydroxyl groups is 1. The van der Waals surface area contributed by atoms with E-state index in [0.29, 0.717) is 0 Å². The number of aliphatic hydroxyl groups excluding tert-OH is 1. The molecule has 1 heterocycles. The van der Waals surface area contributed by atoms with E-state index >= 15 is 0 Å². The van der Waals surface area contributed by atoms with Gasteiger partial charge in [0.15, 0.2) is 5.76 Å². The quantitative estimate of drug-likeness (QED) is 0.533. The molecule has 1 N–H and O–H groups in total. The van der Waals surface area contributed by atoms with Crippen molar-refractivity contribution in [2.75, 3.05) is 0 Å². The molecule has 1 aliphatic rings. The first-order valence-electron chi connectivity index (χ1n) is 2.32. The van der Waals surface area contributed by atoms with Gasteiger partial charge in [0.05, 0.1) is 0 Å². The van der Waals surface area contributed by atoms with Gasteiger partial charge < -0.3 is 5.11 Å². The standard InChI is InChI=1S/C5H6O2S/c1-3-2-4(6)5(7)8-3/h2-3,6H,1H3. The topological polar surface area (TPSA) is 37.3 Å². The fourth-order valence-electron chi connectivity index (χ4n) is 0.554. The molecule has 0 bridgehead atoms. The molecule has 0 spiro atoms. The van der Waals surface area contributed by atoms with Crippen LogP contribution in [0.1, 0.15) is 6.92 Å². The van der Waals surface area contributed by atoms with Crippen molar-refractivity contribution in [3.8, 4) is 0 Å². The Morgan fingerprint density at radius 2 is 2.50 bits per heavy atom. The fraction of sp³-hybridized carbons (Fsp3) is 0.400. The summed E-state index contributed by atoms with van der Waals surface area (Å²) in [7, 11) is 0. The molecule has 3 heteroatoms. The number of hydrogen-bond acceptors (Lipinski definition) is 3. The zero-order valence-electron chi connectivity index (χ0n) is 4.42. The van der Waals surface area contributed by atoms with E-state index in [9.17, 15) is 4.79 Å². The molecule has 0 aromatic heterocycles. The average molecular weight is 130 g/mol. The van der Waals surface area contributed by atoms with Crippen LogP contribution in [0.25, 0.3) is 0 Å². The first kappa shape index (κ1) is 5.69. The SMILES string of the molecule is CC1C=C(O)C(=O)S1. The van der Waals surface area contributed by atoms with Gasteiger partial charge in [-0.25, -0.2) is 0 Å². The summed E-state index contributed by atoms with van der Waals surface area (Å²) in [4.78, 5) is 10.4. The highest BCUT2D eigenvalue weighted by atomic mass is 32.2. The van der Waals surface area contributed by atoms with Crippen LogP contribution in [0, 0.1) is 0 Å². The van der Waals surface area contributed by atoms with Crippen molar-refractivity contribution in [2.45, 2.75) is 12.2 Å². The lowest BCUT2D eigenvalue weighted by Gasteiger charge is -1.87. The summed E-state index contributed by atoms with van der Waals surface area (Å²) in [6.07, 6.45) is 1.55. The van der Waals surface area contributed by atoms with E-state index < -0.39 is 0 Å². The van der Waals surface area contributed by atoms with Crippen molar-refractivity contribution in [1.82, 2.24) is 0 Å². The molecule has 0 saturated carbocycles. The van der Waals surface area contributed by atoms with Gasteiger partial charge in [0, 0.05) is 5.25 Å². The van der Waals surface area contributed by atoms with Crippen molar-refractivity contribution in [1.29, 1.82) is 0 Å². The Hall–Kier alpha value is -0.440. The van der Waals surface area contributed by atoms with E-state index in [1.165, 1.54) is 0 Å². The lowest BCUT2D eigenvalue weighted by atomic mass is 10.4. The van der Waals surface area contributed by atoms with Gasteiger partial charge in [-0.1, -0.05) is 11.8 Å². The second kappa shape index (κ2) is 1.82. The predicted octanol–water partition coefficient (Wildman–Crippen LogP) is 1.09. The van der Waals surface area contributed by atoms with Crippen LogP contribution in [-0.4, -0.2) is 15.5 Å². The molecule has 0 aromatic carbocycles. The first-order valence-corrected chi connectivity index (χ1v) is 3.20. The summed E-state index contributed by atoms with van der Waals surface area (Å²) in [6.45, 7) is 1.87. The minimum atomic E-state index is -0.211. The minimum absolute atomic E-state index is 0.0949. The molecule has 1 unspecified atom stereocenters. The van der Waals surface area contributed by atoms with E-state index in [2.05, 4.69) is 0 Å². The average Bonchev–Trinajstić information content (AvgIpc) is 1.85. The third-order valence-corrected chi connectivity index (χ3v) is 1.83. The molecule has 2 nitrogen and oxygen atoms in total. The van der Waals surface area contributed by atoms with Crippen LogP contribution in [0.3, 0.4) is 0 Å². The predicted molar refractivity (Wildman–Crippen MR) is 32.8 cm³/mol. The normalized spacial score (nSPS) is 28.4. The molecule has 44 valence electrons. The Kier molecular flexibility index (Phi) is 1.29. The molecule has 0 amide bonds. The van der Waals surface area contributed by atoms with Crippen molar-refractivity contribution in [3.05, 3.63) is 11.8 Å². The number of carbonyl (C=O) groups is 1. The fourth-order valence-corrected chi connectivity index (χ4v) is 1.28. The monoisotopic (exact) mass is 130 g/mol. The lowest BCUT2D eigenvalue weighted by molar-refractivity contribution is -0.109. The number of rotatable bonds is 0. The van der Waals surface area contributed by atoms with Crippen LogP contribution < -0.4 is 0 Å².